The molecule has 0 aliphatic rings. The molecule has 2 aromatic carbocycles. The molecule has 0 unspecified atom stereocenters. The van der Waals surface area contributed by atoms with Gasteiger partial charge in [0.05, 0.1) is 16.6 Å². The van der Waals surface area contributed by atoms with Crippen molar-refractivity contribution in [3.8, 4) is 0 Å². The van der Waals surface area contributed by atoms with Crippen LogP contribution in [0.3, 0.4) is 0 Å². The second-order valence-corrected chi connectivity index (χ2v) is 5.01. The third-order valence-corrected chi connectivity index (χ3v) is 3.20. The second-order valence-electron chi connectivity index (χ2n) is 5.01. The summed E-state index contributed by atoms with van der Waals surface area (Å²) in [4.78, 5) is 33.3. The maximum Gasteiger partial charge on any atom is 0.269 e. The Morgan fingerprint density at radius 1 is 1.04 bits per heavy atom. The monoisotopic (exact) mass is 325 g/mol. The van der Waals surface area contributed by atoms with E-state index in [2.05, 4.69) is 5.32 Å². The lowest BCUT2D eigenvalue weighted by atomic mass is 10.1. The minimum Gasteiger partial charge on any atom is -0.543 e. The Bertz CT molecular complexity index is 808. The number of nitrogens with zero attached hydrogens (tertiary/aromatic N) is 1. The predicted octanol–water partition coefficient (Wildman–Crippen LogP) is 1.42. The summed E-state index contributed by atoms with van der Waals surface area (Å²) < 4.78 is 0. The van der Waals surface area contributed by atoms with Gasteiger partial charge >= 0.3 is 0 Å². The summed E-state index contributed by atoms with van der Waals surface area (Å²) in [5, 5.41) is 24.1. The molecule has 0 bridgehead atoms. The van der Waals surface area contributed by atoms with Crippen LogP contribution in [0.5, 0.6) is 0 Å². The summed E-state index contributed by atoms with van der Waals surface area (Å²) >= 11 is 0. The van der Waals surface area contributed by atoms with Crippen LogP contribution in [0, 0.1) is 17.0 Å². The summed E-state index contributed by atoms with van der Waals surface area (Å²) in [5.41, 5.74) is 1.09. The fraction of sp³-hybridized carbons (Fsp3) is 0.0588. The number of nitro groups is 1. The molecule has 7 nitrogen and oxygen atoms in total. The molecule has 0 heterocycles. The molecule has 0 fully saturated rings. The van der Waals surface area contributed by atoms with E-state index in [0.717, 1.165) is 5.56 Å². The SMILES string of the molecule is Cc1ccc(C(=O)N/C(=C/c2ccc([N+](=O)[O-])cc2)C(=O)[O-])cc1. The number of hydrogen-bond donors (Lipinski definition) is 1. The highest BCUT2D eigenvalue weighted by Crippen LogP contribution is 2.14. The first-order valence-corrected chi connectivity index (χ1v) is 6.92. The summed E-state index contributed by atoms with van der Waals surface area (Å²) in [5.74, 6) is -2.15. The summed E-state index contributed by atoms with van der Waals surface area (Å²) in [7, 11) is 0. The third kappa shape index (κ3) is 4.26. The lowest BCUT2D eigenvalue weighted by Crippen LogP contribution is -2.35. The molecule has 2 aromatic rings. The van der Waals surface area contributed by atoms with Gasteiger partial charge in [-0.05, 0) is 42.8 Å². The van der Waals surface area contributed by atoms with E-state index in [1.807, 2.05) is 6.92 Å². The van der Waals surface area contributed by atoms with Gasteiger partial charge < -0.3 is 15.2 Å². The van der Waals surface area contributed by atoms with Crippen LogP contribution < -0.4 is 10.4 Å². The second kappa shape index (κ2) is 7.19. The molecule has 122 valence electrons. The number of aliphatic carboxylic acids is 1. The van der Waals surface area contributed by atoms with Gasteiger partial charge in [0.15, 0.2) is 0 Å². The molecule has 1 amide bonds. The summed E-state index contributed by atoms with van der Waals surface area (Å²) in [6.45, 7) is 1.86. The lowest BCUT2D eigenvalue weighted by Gasteiger charge is -2.11. The zero-order chi connectivity index (χ0) is 17.7. The van der Waals surface area contributed by atoms with Gasteiger partial charge in [-0.25, -0.2) is 0 Å². The molecular weight excluding hydrogens is 312 g/mol. The largest absolute Gasteiger partial charge is 0.543 e. The summed E-state index contributed by atoms with van der Waals surface area (Å²) in [6, 6.07) is 11.8. The molecule has 0 aliphatic carbocycles. The standard InChI is InChI=1S/C17H14N2O5/c1-11-2-6-13(7-3-11)16(20)18-15(17(21)22)10-12-4-8-14(9-5-12)19(23)24/h2-10H,1H3,(H,18,20)(H,21,22)/p-1/b15-10+. The Kier molecular flexibility index (Phi) is 5.06. The molecular formula is C17H13N2O5-. The van der Waals surface area contributed by atoms with Crippen molar-refractivity contribution in [2.24, 2.45) is 0 Å². The van der Waals surface area contributed by atoms with Crippen molar-refractivity contribution in [2.75, 3.05) is 0 Å². The number of rotatable bonds is 5. The summed E-state index contributed by atoms with van der Waals surface area (Å²) in [6.07, 6.45) is 1.17. The smallest absolute Gasteiger partial charge is 0.269 e. The van der Waals surface area contributed by atoms with E-state index < -0.39 is 22.5 Å². The van der Waals surface area contributed by atoms with Crippen molar-refractivity contribution in [1.29, 1.82) is 0 Å². The molecule has 0 spiro atoms. The van der Waals surface area contributed by atoms with Gasteiger partial charge in [0.2, 0.25) is 0 Å². The third-order valence-electron chi connectivity index (χ3n) is 3.20. The van der Waals surface area contributed by atoms with Gasteiger partial charge in [0.1, 0.15) is 0 Å². The zero-order valence-electron chi connectivity index (χ0n) is 12.7. The van der Waals surface area contributed by atoms with E-state index in [4.69, 9.17) is 0 Å². The minimum absolute atomic E-state index is 0.120. The lowest BCUT2D eigenvalue weighted by molar-refractivity contribution is -0.384. The number of nitrogens with one attached hydrogen (secondary N) is 1. The number of carbonyl (C=O) groups is 2. The van der Waals surface area contributed by atoms with Crippen LogP contribution >= 0.6 is 0 Å². The van der Waals surface area contributed by atoms with E-state index in [-0.39, 0.29) is 5.69 Å². The molecule has 0 saturated carbocycles. The van der Waals surface area contributed by atoms with E-state index >= 15 is 0 Å². The highest BCUT2D eigenvalue weighted by molar-refractivity contribution is 6.02. The average molecular weight is 325 g/mol. The first-order valence-electron chi connectivity index (χ1n) is 6.92. The molecule has 0 atom stereocenters. The number of carboxylic acid groups (broad SMARTS) is 1. The maximum atomic E-state index is 12.1. The first-order chi connectivity index (χ1) is 11.4. The molecule has 0 radical (unpaired) electrons. The van der Waals surface area contributed by atoms with Crippen LogP contribution in [-0.4, -0.2) is 16.8 Å². The van der Waals surface area contributed by atoms with E-state index in [0.29, 0.717) is 11.1 Å². The van der Waals surface area contributed by atoms with Crippen LogP contribution in [-0.2, 0) is 4.79 Å². The van der Waals surface area contributed by atoms with Crippen LogP contribution in [0.1, 0.15) is 21.5 Å². The number of hydrogen-bond acceptors (Lipinski definition) is 5. The molecule has 1 N–H and O–H groups in total. The highest BCUT2D eigenvalue weighted by atomic mass is 16.6. The number of aryl methyl sites for hydroxylation is 1. The van der Waals surface area contributed by atoms with Gasteiger partial charge in [0, 0.05) is 17.7 Å². The average Bonchev–Trinajstić information content (AvgIpc) is 2.55. The Balaban J connectivity index is 2.22. The number of carboxylic acids is 1. The topological polar surface area (TPSA) is 112 Å². The van der Waals surface area contributed by atoms with Gasteiger partial charge in [-0.3, -0.25) is 14.9 Å². The maximum absolute atomic E-state index is 12.1. The molecule has 0 aliphatic heterocycles. The van der Waals surface area contributed by atoms with Gasteiger partial charge in [0.25, 0.3) is 11.6 Å². The number of amides is 1. The van der Waals surface area contributed by atoms with E-state index in [1.165, 1.54) is 30.3 Å². The van der Waals surface area contributed by atoms with Crippen molar-refractivity contribution in [3.05, 3.63) is 81.0 Å². The van der Waals surface area contributed by atoms with Crippen LogP contribution in [0.15, 0.2) is 54.2 Å². The van der Waals surface area contributed by atoms with E-state index in [1.54, 1.807) is 24.3 Å². The molecule has 24 heavy (non-hydrogen) atoms. The Labute approximate surface area is 137 Å². The number of nitro benzene ring substituents is 1. The van der Waals surface area contributed by atoms with Crippen LogP contribution in [0.25, 0.3) is 6.08 Å². The fourth-order valence-electron chi connectivity index (χ4n) is 1.90. The Morgan fingerprint density at radius 3 is 2.12 bits per heavy atom. The molecule has 7 heteroatoms. The van der Waals surface area contributed by atoms with Gasteiger partial charge in [-0.1, -0.05) is 17.7 Å². The highest BCUT2D eigenvalue weighted by Gasteiger charge is 2.09. The van der Waals surface area contributed by atoms with Crippen molar-refractivity contribution >= 4 is 23.6 Å². The Hall–Kier alpha value is -3.48. The quantitative estimate of drug-likeness (QED) is 0.507. The van der Waals surface area contributed by atoms with Crippen LogP contribution in [0.2, 0.25) is 0 Å². The van der Waals surface area contributed by atoms with Gasteiger partial charge in [-0.15, -0.1) is 0 Å². The molecule has 0 aromatic heterocycles. The number of benzene rings is 2. The molecule has 0 saturated heterocycles. The van der Waals surface area contributed by atoms with E-state index in [9.17, 15) is 24.8 Å². The van der Waals surface area contributed by atoms with Crippen molar-refractivity contribution < 1.29 is 19.6 Å². The number of carbonyl (C=O) groups excluding carboxylic acids is 2. The fourth-order valence-corrected chi connectivity index (χ4v) is 1.90. The number of non-ortho nitro benzene ring substituents is 1. The molecule has 2 rings (SSSR count). The van der Waals surface area contributed by atoms with Gasteiger partial charge in [-0.2, -0.15) is 0 Å². The van der Waals surface area contributed by atoms with Crippen LogP contribution in [0.4, 0.5) is 5.69 Å². The normalized spacial score (nSPS) is 11.0. The Morgan fingerprint density at radius 2 is 1.62 bits per heavy atom. The first kappa shape index (κ1) is 16.9. The van der Waals surface area contributed by atoms with Crippen molar-refractivity contribution in [2.45, 2.75) is 6.92 Å². The predicted molar refractivity (Wildman–Crippen MR) is 84.7 cm³/mol. The van der Waals surface area contributed by atoms with Crippen molar-refractivity contribution in [3.63, 3.8) is 0 Å². The zero-order valence-corrected chi connectivity index (χ0v) is 12.7. The minimum atomic E-state index is -1.56. The van der Waals surface area contributed by atoms with Crippen molar-refractivity contribution in [1.82, 2.24) is 5.32 Å².